The Morgan fingerprint density at radius 3 is 2.08 bits per heavy atom. The van der Waals surface area contributed by atoms with Crippen LogP contribution >= 0.6 is 0 Å². The summed E-state index contributed by atoms with van der Waals surface area (Å²) in [6.07, 6.45) is 4.04. The van der Waals surface area contributed by atoms with Crippen LogP contribution in [0.2, 0.25) is 0 Å². The Morgan fingerprint density at radius 1 is 0.792 bits per heavy atom. The molecule has 0 aliphatic rings. The summed E-state index contributed by atoms with van der Waals surface area (Å²) in [5, 5.41) is 0. The van der Waals surface area contributed by atoms with E-state index in [1.807, 2.05) is 91.0 Å². The van der Waals surface area contributed by atoms with Crippen molar-refractivity contribution in [3.63, 3.8) is 0 Å². The van der Waals surface area contributed by atoms with Gasteiger partial charge in [-0.2, -0.15) is 0 Å². The first-order valence-corrected chi connectivity index (χ1v) is 7.79. The summed E-state index contributed by atoms with van der Waals surface area (Å²) in [6, 6.07) is 24.9. The fraction of sp³-hybridized carbons (Fsp3) is 0.0455. The quantitative estimate of drug-likeness (QED) is 0.484. The molecule has 0 heterocycles. The van der Waals surface area contributed by atoms with Gasteiger partial charge in [0, 0.05) is 5.56 Å². The summed E-state index contributed by atoms with van der Waals surface area (Å²) in [5.41, 5.74) is 3.34. The predicted molar refractivity (Wildman–Crippen MR) is 98.2 cm³/mol. The lowest BCUT2D eigenvalue weighted by atomic mass is 10.0. The Balaban J connectivity index is 1.88. The minimum Gasteiger partial charge on any atom is -0.496 e. The molecule has 3 rings (SSSR count). The molecule has 3 aromatic carbocycles. The Hall–Kier alpha value is -3.13. The van der Waals surface area contributed by atoms with Crippen LogP contribution in [0.25, 0.3) is 12.2 Å². The monoisotopic (exact) mass is 314 g/mol. The van der Waals surface area contributed by atoms with Gasteiger partial charge in [0.25, 0.3) is 0 Å². The third kappa shape index (κ3) is 3.61. The second-order valence-electron chi connectivity index (χ2n) is 5.40. The molecule has 0 N–H and O–H groups in total. The highest BCUT2D eigenvalue weighted by Gasteiger charge is 2.14. The van der Waals surface area contributed by atoms with Crippen molar-refractivity contribution in [3.8, 4) is 5.75 Å². The topological polar surface area (TPSA) is 26.3 Å². The fourth-order valence-corrected chi connectivity index (χ4v) is 2.50. The van der Waals surface area contributed by atoms with Crippen LogP contribution in [0.4, 0.5) is 0 Å². The summed E-state index contributed by atoms with van der Waals surface area (Å²) in [6.45, 7) is 0. The van der Waals surface area contributed by atoms with Crippen molar-refractivity contribution in [1.29, 1.82) is 0 Å². The predicted octanol–water partition coefficient (Wildman–Crippen LogP) is 5.10. The number of ether oxygens (including phenoxy) is 1. The average molecular weight is 314 g/mol. The van der Waals surface area contributed by atoms with Gasteiger partial charge >= 0.3 is 0 Å². The Bertz CT molecular complexity index is 850. The molecular formula is C22H18O2. The number of rotatable bonds is 5. The van der Waals surface area contributed by atoms with Crippen LogP contribution in [0.1, 0.15) is 27.0 Å². The lowest BCUT2D eigenvalue weighted by molar-refractivity contribution is 0.103. The van der Waals surface area contributed by atoms with Crippen molar-refractivity contribution >= 4 is 17.9 Å². The van der Waals surface area contributed by atoms with Crippen molar-refractivity contribution in [2.75, 3.05) is 7.11 Å². The maximum Gasteiger partial charge on any atom is 0.196 e. The van der Waals surface area contributed by atoms with Crippen molar-refractivity contribution in [2.24, 2.45) is 0 Å². The van der Waals surface area contributed by atoms with E-state index in [0.29, 0.717) is 16.9 Å². The molecule has 0 saturated heterocycles. The zero-order valence-corrected chi connectivity index (χ0v) is 13.5. The summed E-state index contributed by atoms with van der Waals surface area (Å²) in [5.74, 6) is 0.546. The van der Waals surface area contributed by atoms with Crippen LogP contribution in [0.5, 0.6) is 5.75 Å². The van der Waals surface area contributed by atoms with E-state index in [9.17, 15) is 4.79 Å². The van der Waals surface area contributed by atoms with Crippen LogP contribution in [0.3, 0.4) is 0 Å². The average Bonchev–Trinajstić information content (AvgIpc) is 2.67. The second-order valence-corrected chi connectivity index (χ2v) is 5.40. The SMILES string of the molecule is COc1cc(C=Cc2ccccc2)ccc1C(=O)c1ccccc1. The first-order valence-electron chi connectivity index (χ1n) is 7.79. The molecule has 2 nitrogen and oxygen atoms in total. The number of methoxy groups -OCH3 is 1. The maximum atomic E-state index is 12.6. The summed E-state index contributed by atoms with van der Waals surface area (Å²) in [4.78, 5) is 12.6. The van der Waals surface area contributed by atoms with Gasteiger partial charge in [-0.15, -0.1) is 0 Å². The van der Waals surface area contributed by atoms with Crippen molar-refractivity contribution in [2.45, 2.75) is 0 Å². The summed E-state index contributed by atoms with van der Waals surface area (Å²) >= 11 is 0. The first-order chi connectivity index (χ1) is 11.8. The summed E-state index contributed by atoms with van der Waals surface area (Å²) < 4.78 is 5.43. The van der Waals surface area contributed by atoms with Crippen LogP contribution < -0.4 is 4.74 Å². The third-order valence-electron chi connectivity index (χ3n) is 3.77. The maximum absolute atomic E-state index is 12.6. The van der Waals surface area contributed by atoms with Gasteiger partial charge in [-0.25, -0.2) is 0 Å². The number of hydrogen-bond acceptors (Lipinski definition) is 2. The number of ketones is 1. The third-order valence-corrected chi connectivity index (χ3v) is 3.77. The van der Waals surface area contributed by atoms with Gasteiger partial charge in [-0.1, -0.05) is 78.9 Å². The minimum atomic E-state index is -0.0361. The number of hydrogen-bond donors (Lipinski definition) is 0. The minimum absolute atomic E-state index is 0.0361. The molecule has 0 unspecified atom stereocenters. The highest BCUT2D eigenvalue weighted by molar-refractivity contribution is 6.10. The first kappa shape index (κ1) is 15.8. The summed E-state index contributed by atoms with van der Waals surface area (Å²) in [7, 11) is 1.59. The molecule has 118 valence electrons. The van der Waals surface area contributed by atoms with E-state index in [-0.39, 0.29) is 5.78 Å². The van der Waals surface area contributed by atoms with Gasteiger partial charge < -0.3 is 4.74 Å². The normalized spacial score (nSPS) is 10.7. The lowest BCUT2D eigenvalue weighted by Gasteiger charge is -2.09. The van der Waals surface area contributed by atoms with E-state index in [1.165, 1.54) is 0 Å². The molecule has 0 amide bonds. The van der Waals surface area contributed by atoms with Gasteiger partial charge in [0.15, 0.2) is 5.78 Å². The zero-order chi connectivity index (χ0) is 16.8. The van der Waals surface area contributed by atoms with E-state index >= 15 is 0 Å². The number of carbonyl (C=O) groups is 1. The van der Waals surface area contributed by atoms with E-state index in [2.05, 4.69) is 0 Å². The fourth-order valence-electron chi connectivity index (χ4n) is 2.50. The molecule has 0 radical (unpaired) electrons. The van der Waals surface area contributed by atoms with Crippen molar-refractivity contribution in [1.82, 2.24) is 0 Å². The Labute approximate surface area is 142 Å². The van der Waals surface area contributed by atoms with Gasteiger partial charge in [0.1, 0.15) is 5.75 Å². The Morgan fingerprint density at radius 2 is 1.42 bits per heavy atom. The molecule has 24 heavy (non-hydrogen) atoms. The lowest BCUT2D eigenvalue weighted by Crippen LogP contribution is -2.03. The highest BCUT2D eigenvalue weighted by Crippen LogP contribution is 2.24. The van der Waals surface area contributed by atoms with Crippen molar-refractivity contribution < 1.29 is 9.53 Å². The molecule has 2 heteroatoms. The molecule has 0 aliphatic carbocycles. The molecule has 0 aromatic heterocycles. The molecule has 0 atom stereocenters. The van der Waals surface area contributed by atoms with Gasteiger partial charge in [0.05, 0.1) is 12.7 Å². The zero-order valence-electron chi connectivity index (χ0n) is 13.5. The molecular weight excluding hydrogens is 296 g/mol. The molecule has 0 aliphatic heterocycles. The van der Waals surface area contributed by atoms with Gasteiger partial charge in [0.2, 0.25) is 0 Å². The van der Waals surface area contributed by atoms with Gasteiger partial charge in [-0.3, -0.25) is 4.79 Å². The van der Waals surface area contributed by atoms with Crippen molar-refractivity contribution in [3.05, 3.63) is 101 Å². The van der Waals surface area contributed by atoms with Crippen LogP contribution in [0.15, 0.2) is 78.9 Å². The van der Waals surface area contributed by atoms with Crippen LogP contribution in [-0.2, 0) is 0 Å². The molecule has 0 spiro atoms. The molecule has 0 fully saturated rings. The van der Waals surface area contributed by atoms with E-state index < -0.39 is 0 Å². The molecule has 3 aromatic rings. The smallest absolute Gasteiger partial charge is 0.196 e. The second kappa shape index (κ2) is 7.42. The Kier molecular flexibility index (Phi) is 4.87. The standard InChI is InChI=1S/C22H18O2/c1-24-21-16-18(13-12-17-8-4-2-5-9-17)14-15-20(21)22(23)19-10-6-3-7-11-19/h2-16H,1H3. The molecule has 0 bridgehead atoms. The van der Waals surface area contributed by atoms with Crippen LogP contribution in [0, 0.1) is 0 Å². The van der Waals surface area contributed by atoms with Crippen LogP contribution in [-0.4, -0.2) is 12.9 Å². The highest BCUT2D eigenvalue weighted by atomic mass is 16.5. The van der Waals surface area contributed by atoms with Gasteiger partial charge in [-0.05, 0) is 23.3 Å². The molecule has 0 saturated carbocycles. The van der Waals surface area contributed by atoms with E-state index in [0.717, 1.165) is 11.1 Å². The number of carbonyl (C=O) groups excluding carboxylic acids is 1. The van der Waals surface area contributed by atoms with E-state index in [1.54, 1.807) is 7.11 Å². The number of benzene rings is 3. The van der Waals surface area contributed by atoms with E-state index in [4.69, 9.17) is 4.74 Å². The largest absolute Gasteiger partial charge is 0.496 e.